The van der Waals surface area contributed by atoms with E-state index in [1.807, 2.05) is 38.1 Å². The molecule has 0 spiro atoms. The van der Waals surface area contributed by atoms with Crippen LogP contribution in [0.15, 0.2) is 53.5 Å². The SMILES string of the molecule is Cc1cccc(C(=O)Nc2cccc3c(=O)n(CC4(O)CCCCC4)ccc23)c1C. The Bertz CT molecular complexity index is 1160. The van der Waals surface area contributed by atoms with Gasteiger partial charge in [0.15, 0.2) is 0 Å². The first-order valence-electron chi connectivity index (χ1n) is 10.6. The third kappa shape index (κ3) is 3.90. The number of pyridine rings is 1. The van der Waals surface area contributed by atoms with E-state index in [2.05, 4.69) is 5.32 Å². The number of rotatable bonds is 4. The smallest absolute Gasteiger partial charge is 0.258 e. The number of hydrogen-bond acceptors (Lipinski definition) is 3. The number of amides is 1. The van der Waals surface area contributed by atoms with Crippen molar-refractivity contribution in [3.05, 3.63) is 75.7 Å². The highest BCUT2D eigenvalue weighted by molar-refractivity contribution is 6.09. The number of benzene rings is 2. The lowest BCUT2D eigenvalue weighted by Crippen LogP contribution is -2.39. The molecule has 0 radical (unpaired) electrons. The monoisotopic (exact) mass is 404 g/mol. The Morgan fingerprint density at radius 3 is 2.53 bits per heavy atom. The molecule has 3 aromatic rings. The van der Waals surface area contributed by atoms with Gasteiger partial charge in [0, 0.05) is 28.2 Å². The molecule has 1 heterocycles. The second-order valence-corrected chi connectivity index (χ2v) is 8.50. The minimum Gasteiger partial charge on any atom is -0.388 e. The highest BCUT2D eigenvalue weighted by Crippen LogP contribution is 2.29. The van der Waals surface area contributed by atoms with Crippen molar-refractivity contribution in [2.45, 2.75) is 58.1 Å². The summed E-state index contributed by atoms with van der Waals surface area (Å²) in [5.41, 5.74) is 2.28. The number of aliphatic hydroxyl groups is 1. The van der Waals surface area contributed by atoms with Crippen LogP contribution in [-0.4, -0.2) is 21.2 Å². The van der Waals surface area contributed by atoms with E-state index in [-0.39, 0.29) is 11.5 Å². The Kier molecular flexibility index (Phi) is 5.48. The van der Waals surface area contributed by atoms with Gasteiger partial charge >= 0.3 is 0 Å². The van der Waals surface area contributed by atoms with Gasteiger partial charge in [-0.15, -0.1) is 0 Å². The van der Waals surface area contributed by atoms with Crippen molar-refractivity contribution in [2.75, 3.05) is 5.32 Å². The maximum absolute atomic E-state index is 13.1. The van der Waals surface area contributed by atoms with Crippen LogP contribution in [0.2, 0.25) is 0 Å². The maximum Gasteiger partial charge on any atom is 0.258 e. The summed E-state index contributed by atoms with van der Waals surface area (Å²) >= 11 is 0. The minimum absolute atomic E-state index is 0.144. The fraction of sp³-hybridized carbons (Fsp3) is 0.360. The van der Waals surface area contributed by atoms with Gasteiger partial charge in [-0.3, -0.25) is 9.59 Å². The van der Waals surface area contributed by atoms with Crippen LogP contribution >= 0.6 is 0 Å². The highest BCUT2D eigenvalue weighted by atomic mass is 16.3. The summed E-state index contributed by atoms with van der Waals surface area (Å²) in [5, 5.41) is 15.1. The molecule has 4 rings (SSSR count). The Morgan fingerprint density at radius 2 is 1.77 bits per heavy atom. The van der Waals surface area contributed by atoms with Gasteiger partial charge in [0.25, 0.3) is 11.5 Å². The maximum atomic E-state index is 13.1. The molecule has 0 saturated heterocycles. The predicted octanol–water partition coefficient (Wildman–Crippen LogP) is 4.57. The van der Waals surface area contributed by atoms with Gasteiger partial charge in [-0.25, -0.2) is 0 Å². The van der Waals surface area contributed by atoms with Gasteiger partial charge in [0.1, 0.15) is 0 Å². The summed E-state index contributed by atoms with van der Waals surface area (Å²) in [7, 11) is 0. The molecular formula is C25H28N2O3. The Labute approximate surface area is 176 Å². The van der Waals surface area contributed by atoms with Gasteiger partial charge < -0.3 is 15.0 Å². The van der Waals surface area contributed by atoms with E-state index in [4.69, 9.17) is 0 Å². The average molecular weight is 405 g/mol. The zero-order chi connectivity index (χ0) is 21.3. The van der Waals surface area contributed by atoms with Crippen LogP contribution in [0.25, 0.3) is 10.8 Å². The number of aromatic nitrogens is 1. The average Bonchev–Trinajstić information content (AvgIpc) is 2.73. The fourth-order valence-electron chi connectivity index (χ4n) is 4.42. The molecule has 2 N–H and O–H groups in total. The van der Waals surface area contributed by atoms with Crippen LogP contribution in [0, 0.1) is 13.8 Å². The van der Waals surface area contributed by atoms with Crippen molar-refractivity contribution >= 4 is 22.4 Å². The highest BCUT2D eigenvalue weighted by Gasteiger charge is 2.30. The van der Waals surface area contributed by atoms with Crippen molar-refractivity contribution in [1.82, 2.24) is 4.57 Å². The Morgan fingerprint density at radius 1 is 1.03 bits per heavy atom. The molecule has 0 bridgehead atoms. The molecule has 1 aliphatic carbocycles. The first kappa shape index (κ1) is 20.4. The van der Waals surface area contributed by atoms with E-state index >= 15 is 0 Å². The molecule has 0 atom stereocenters. The molecule has 1 saturated carbocycles. The van der Waals surface area contributed by atoms with Crippen molar-refractivity contribution in [3.63, 3.8) is 0 Å². The molecular weight excluding hydrogens is 376 g/mol. The molecule has 1 amide bonds. The third-order valence-corrected chi connectivity index (χ3v) is 6.36. The predicted molar refractivity (Wildman–Crippen MR) is 120 cm³/mol. The lowest BCUT2D eigenvalue weighted by Gasteiger charge is -2.32. The second-order valence-electron chi connectivity index (χ2n) is 8.50. The van der Waals surface area contributed by atoms with Crippen LogP contribution in [-0.2, 0) is 6.54 Å². The number of carbonyl (C=O) groups is 1. The van der Waals surface area contributed by atoms with E-state index in [1.54, 1.807) is 29.0 Å². The normalized spacial score (nSPS) is 15.8. The lowest BCUT2D eigenvalue weighted by molar-refractivity contribution is -0.0121. The number of anilines is 1. The first-order valence-corrected chi connectivity index (χ1v) is 10.6. The summed E-state index contributed by atoms with van der Waals surface area (Å²) in [6.07, 6.45) is 6.30. The number of fused-ring (bicyclic) bond motifs is 1. The molecule has 0 unspecified atom stereocenters. The van der Waals surface area contributed by atoms with E-state index in [0.717, 1.165) is 43.2 Å². The number of nitrogens with one attached hydrogen (secondary N) is 1. The largest absolute Gasteiger partial charge is 0.388 e. The molecule has 5 heteroatoms. The van der Waals surface area contributed by atoms with E-state index in [1.165, 1.54) is 0 Å². The van der Waals surface area contributed by atoms with E-state index in [0.29, 0.717) is 28.6 Å². The zero-order valence-electron chi connectivity index (χ0n) is 17.6. The third-order valence-electron chi connectivity index (χ3n) is 6.36. The summed E-state index contributed by atoms with van der Waals surface area (Å²) in [6, 6.07) is 12.9. The fourth-order valence-corrected chi connectivity index (χ4v) is 4.42. The summed E-state index contributed by atoms with van der Waals surface area (Å²) in [5.74, 6) is -0.190. The van der Waals surface area contributed by atoms with Crippen molar-refractivity contribution in [2.24, 2.45) is 0 Å². The van der Waals surface area contributed by atoms with Crippen molar-refractivity contribution in [3.8, 4) is 0 Å². The number of hydrogen-bond donors (Lipinski definition) is 2. The molecule has 0 aliphatic heterocycles. The van der Waals surface area contributed by atoms with Crippen LogP contribution < -0.4 is 10.9 Å². The number of carbonyl (C=O) groups excluding carboxylic acids is 1. The summed E-state index contributed by atoms with van der Waals surface area (Å²) in [4.78, 5) is 26.0. The standard InChI is InChI=1S/C25H28N2O3/c1-17-8-6-9-19(18(17)2)23(28)26-22-11-7-10-21-20(22)12-15-27(24(21)29)16-25(30)13-4-3-5-14-25/h6-12,15,30H,3-5,13-14,16H2,1-2H3,(H,26,28). The molecule has 30 heavy (non-hydrogen) atoms. The number of nitrogens with zero attached hydrogens (tertiary/aromatic N) is 1. The molecule has 1 fully saturated rings. The first-order chi connectivity index (χ1) is 14.4. The van der Waals surface area contributed by atoms with Gasteiger partial charge in [0.2, 0.25) is 0 Å². The molecule has 2 aromatic carbocycles. The van der Waals surface area contributed by atoms with Gasteiger partial charge in [0.05, 0.1) is 12.1 Å². The lowest BCUT2D eigenvalue weighted by atomic mass is 9.85. The Balaban J connectivity index is 1.66. The van der Waals surface area contributed by atoms with Crippen LogP contribution in [0.5, 0.6) is 0 Å². The summed E-state index contributed by atoms with van der Waals surface area (Å²) < 4.78 is 1.60. The molecule has 5 nitrogen and oxygen atoms in total. The molecule has 156 valence electrons. The van der Waals surface area contributed by atoms with Crippen LogP contribution in [0.4, 0.5) is 5.69 Å². The molecule has 1 aromatic heterocycles. The second kappa shape index (κ2) is 8.07. The van der Waals surface area contributed by atoms with E-state index in [9.17, 15) is 14.7 Å². The van der Waals surface area contributed by atoms with Gasteiger partial charge in [-0.05, 0) is 62.1 Å². The molecule has 1 aliphatic rings. The van der Waals surface area contributed by atoms with Crippen LogP contribution in [0.1, 0.15) is 53.6 Å². The topological polar surface area (TPSA) is 71.3 Å². The number of aryl methyl sites for hydroxylation is 1. The Hall–Kier alpha value is -2.92. The van der Waals surface area contributed by atoms with Crippen molar-refractivity contribution < 1.29 is 9.90 Å². The zero-order valence-corrected chi connectivity index (χ0v) is 17.6. The minimum atomic E-state index is -0.815. The quantitative estimate of drug-likeness (QED) is 0.669. The van der Waals surface area contributed by atoms with E-state index < -0.39 is 5.60 Å². The van der Waals surface area contributed by atoms with Crippen molar-refractivity contribution in [1.29, 1.82) is 0 Å². The van der Waals surface area contributed by atoms with Gasteiger partial charge in [-0.1, -0.05) is 37.5 Å². The van der Waals surface area contributed by atoms with Crippen LogP contribution in [0.3, 0.4) is 0 Å². The van der Waals surface area contributed by atoms with Gasteiger partial charge in [-0.2, -0.15) is 0 Å². The summed E-state index contributed by atoms with van der Waals surface area (Å²) in [6.45, 7) is 4.22.